The first-order valence-electron chi connectivity index (χ1n) is 7.60. The number of nitrogens with one attached hydrogen (secondary N) is 1. The predicted octanol–water partition coefficient (Wildman–Crippen LogP) is 4.08. The van der Waals surface area contributed by atoms with E-state index in [9.17, 15) is 4.79 Å². The molecule has 0 bridgehead atoms. The van der Waals surface area contributed by atoms with Gasteiger partial charge in [0.15, 0.2) is 0 Å². The van der Waals surface area contributed by atoms with Gasteiger partial charge in [0.25, 0.3) is 5.91 Å². The van der Waals surface area contributed by atoms with E-state index < -0.39 is 0 Å². The molecule has 2 aromatic heterocycles. The lowest BCUT2D eigenvalue weighted by Gasteiger charge is -2.04. The third-order valence-electron chi connectivity index (χ3n) is 3.38. The van der Waals surface area contributed by atoms with Crippen LogP contribution < -0.4 is 5.32 Å². The van der Waals surface area contributed by atoms with E-state index in [1.807, 2.05) is 18.3 Å². The number of amides is 1. The van der Waals surface area contributed by atoms with E-state index in [4.69, 9.17) is 0 Å². The second-order valence-corrected chi connectivity index (χ2v) is 7.19. The van der Waals surface area contributed by atoms with Crippen molar-refractivity contribution in [3.63, 3.8) is 0 Å². The molecule has 0 aliphatic rings. The van der Waals surface area contributed by atoms with Crippen molar-refractivity contribution in [3.8, 4) is 5.69 Å². The Kier molecular flexibility index (Phi) is 5.37. The molecule has 24 heavy (non-hydrogen) atoms. The highest BCUT2D eigenvalue weighted by Crippen LogP contribution is 2.19. The van der Waals surface area contributed by atoms with Crippen molar-refractivity contribution in [2.24, 2.45) is 0 Å². The summed E-state index contributed by atoms with van der Waals surface area (Å²) in [6.45, 7) is 2.13. The van der Waals surface area contributed by atoms with Crippen LogP contribution in [0, 0.1) is 0 Å². The Labute approximate surface area is 152 Å². The molecule has 3 rings (SSSR count). The highest BCUT2D eigenvalue weighted by molar-refractivity contribution is 9.10. The van der Waals surface area contributed by atoms with Crippen LogP contribution >= 0.6 is 27.3 Å². The highest BCUT2D eigenvalue weighted by atomic mass is 79.9. The number of carbonyl (C=O) groups excluding carboxylic acids is 1. The number of benzene rings is 1. The number of rotatable bonds is 6. The minimum Gasteiger partial charge on any atom is -0.296 e. The fourth-order valence-corrected chi connectivity index (χ4v) is 3.17. The van der Waals surface area contributed by atoms with Gasteiger partial charge in [0.1, 0.15) is 5.01 Å². The zero-order valence-electron chi connectivity index (χ0n) is 13.1. The Bertz CT molecular complexity index is 827. The van der Waals surface area contributed by atoms with E-state index in [-0.39, 0.29) is 5.91 Å². The van der Waals surface area contributed by atoms with Crippen LogP contribution in [0.5, 0.6) is 0 Å². The molecule has 1 aromatic carbocycles. The van der Waals surface area contributed by atoms with E-state index in [2.05, 4.69) is 43.5 Å². The summed E-state index contributed by atoms with van der Waals surface area (Å²) in [5.41, 5.74) is 1.45. The molecule has 0 fully saturated rings. The fourth-order valence-electron chi connectivity index (χ4n) is 2.11. The number of aromatic nitrogens is 4. The van der Waals surface area contributed by atoms with Gasteiger partial charge in [0, 0.05) is 18.2 Å². The second kappa shape index (κ2) is 7.67. The Morgan fingerprint density at radius 3 is 2.75 bits per heavy atom. The Balaban J connectivity index is 1.65. The van der Waals surface area contributed by atoms with E-state index in [0.29, 0.717) is 10.7 Å². The van der Waals surface area contributed by atoms with Crippen molar-refractivity contribution in [2.75, 3.05) is 5.32 Å². The first kappa shape index (κ1) is 16.8. The van der Waals surface area contributed by atoms with Crippen molar-refractivity contribution >= 4 is 38.3 Å². The number of carbonyl (C=O) groups is 1. The first-order valence-corrected chi connectivity index (χ1v) is 9.21. The summed E-state index contributed by atoms with van der Waals surface area (Å²) < 4.78 is 2.63. The Morgan fingerprint density at radius 1 is 1.29 bits per heavy atom. The molecule has 0 unspecified atom stereocenters. The van der Waals surface area contributed by atoms with Crippen LogP contribution in [-0.2, 0) is 6.42 Å². The molecule has 0 saturated heterocycles. The third kappa shape index (κ3) is 4.07. The molecular formula is C16H16BrN5OS. The van der Waals surface area contributed by atoms with Gasteiger partial charge in [0.05, 0.1) is 16.4 Å². The van der Waals surface area contributed by atoms with Crippen LogP contribution in [0.1, 0.15) is 35.1 Å². The number of hydrogen-bond donors (Lipinski definition) is 1. The normalized spacial score (nSPS) is 10.8. The average molecular weight is 406 g/mol. The average Bonchev–Trinajstić information content (AvgIpc) is 3.22. The molecule has 8 heteroatoms. The van der Waals surface area contributed by atoms with Crippen molar-refractivity contribution < 1.29 is 4.79 Å². The molecule has 1 amide bonds. The van der Waals surface area contributed by atoms with Gasteiger partial charge in [0.2, 0.25) is 5.13 Å². The zero-order valence-corrected chi connectivity index (χ0v) is 15.5. The van der Waals surface area contributed by atoms with Crippen LogP contribution in [0.25, 0.3) is 5.69 Å². The van der Waals surface area contributed by atoms with Gasteiger partial charge in [-0.25, -0.2) is 4.68 Å². The molecule has 0 saturated carbocycles. The van der Waals surface area contributed by atoms with E-state index in [0.717, 1.165) is 34.4 Å². The van der Waals surface area contributed by atoms with Crippen LogP contribution in [0.2, 0.25) is 0 Å². The Hall–Kier alpha value is -2.06. The molecule has 124 valence electrons. The monoisotopic (exact) mass is 405 g/mol. The Morgan fingerprint density at radius 2 is 2.08 bits per heavy atom. The van der Waals surface area contributed by atoms with Gasteiger partial charge in [-0.1, -0.05) is 24.7 Å². The summed E-state index contributed by atoms with van der Waals surface area (Å²) in [5, 5.41) is 16.6. The molecule has 0 radical (unpaired) electrons. The summed E-state index contributed by atoms with van der Waals surface area (Å²) in [6, 6.07) is 7.22. The van der Waals surface area contributed by atoms with Gasteiger partial charge in [-0.2, -0.15) is 5.10 Å². The minimum absolute atomic E-state index is 0.193. The van der Waals surface area contributed by atoms with Crippen molar-refractivity contribution in [2.45, 2.75) is 26.2 Å². The van der Waals surface area contributed by atoms with Crippen molar-refractivity contribution in [1.82, 2.24) is 20.0 Å². The van der Waals surface area contributed by atoms with Crippen LogP contribution in [0.4, 0.5) is 5.13 Å². The lowest BCUT2D eigenvalue weighted by Crippen LogP contribution is -2.11. The number of aryl methyl sites for hydroxylation is 1. The number of nitrogens with zero attached hydrogens (tertiary/aromatic N) is 4. The van der Waals surface area contributed by atoms with Gasteiger partial charge in [-0.15, -0.1) is 10.2 Å². The molecular weight excluding hydrogens is 390 g/mol. The topological polar surface area (TPSA) is 72.7 Å². The summed E-state index contributed by atoms with van der Waals surface area (Å²) >= 11 is 4.79. The van der Waals surface area contributed by atoms with E-state index in [1.165, 1.54) is 11.3 Å². The predicted molar refractivity (Wildman–Crippen MR) is 97.7 cm³/mol. The summed E-state index contributed by atoms with van der Waals surface area (Å²) in [6.07, 6.45) is 6.66. The minimum atomic E-state index is -0.193. The number of hydrogen-bond acceptors (Lipinski definition) is 5. The van der Waals surface area contributed by atoms with E-state index >= 15 is 0 Å². The molecule has 3 aromatic rings. The maximum absolute atomic E-state index is 12.3. The lowest BCUT2D eigenvalue weighted by molar-refractivity contribution is 0.102. The largest absolute Gasteiger partial charge is 0.296 e. The van der Waals surface area contributed by atoms with Crippen molar-refractivity contribution in [1.29, 1.82) is 0 Å². The molecule has 0 atom stereocenters. The SMILES string of the molecule is CCCCc1nnc(NC(=O)c2ccc(-n3cc(Br)cn3)cc2)s1. The van der Waals surface area contributed by atoms with E-state index in [1.54, 1.807) is 23.0 Å². The highest BCUT2D eigenvalue weighted by Gasteiger charge is 2.10. The first-order chi connectivity index (χ1) is 11.7. The number of halogens is 1. The molecule has 1 N–H and O–H groups in total. The lowest BCUT2D eigenvalue weighted by atomic mass is 10.2. The molecule has 2 heterocycles. The van der Waals surface area contributed by atoms with Gasteiger partial charge in [-0.05, 0) is 46.6 Å². The molecule has 0 aliphatic heterocycles. The number of unbranched alkanes of at least 4 members (excludes halogenated alkanes) is 1. The molecule has 0 aliphatic carbocycles. The molecule has 0 spiro atoms. The maximum Gasteiger partial charge on any atom is 0.257 e. The standard InChI is InChI=1S/C16H16BrN5OS/c1-2-3-4-14-20-21-16(24-14)19-15(23)11-5-7-13(8-6-11)22-10-12(17)9-18-22/h5-10H,2-4H2,1H3,(H,19,21,23). The zero-order chi connectivity index (χ0) is 16.9. The van der Waals surface area contributed by atoms with Gasteiger partial charge in [-0.3, -0.25) is 10.1 Å². The smallest absolute Gasteiger partial charge is 0.257 e. The molecule has 6 nitrogen and oxygen atoms in total. The maximum atomic E-state index is 12.3. The summed E-state index contributed by atoms with van der Waals surface area (Å²) in [7, 11) is 0. The van der Waals surface area contributed by atoms with Crippen LogP contribution in [0.15, 0.2) is 41.1 Å². The third-order valence-corrected chi connectivity index (χ3v) is 4.68. The van der Waals surface area contributed by atoms with Gasteiger partial charge >= 0.3 is 0 Å². The summed E-state index contributed by atoms with van der Waals surface area (Å²) in [4.78, 5) is 12.3. The van der Waals surface area contributed by atoms with Crippen molar-refractivity contribution in [3.05, 3.63) is 51.7 Å². The fraction of sp³-hybridized carbons (Fsp3) is 0.250. The number of anilines is 1. The quantitative estimate of drug-likeness (QED) is 0.670. The van der Waals surface area contributed by atoms with Gasteiger partial charge < -0.3 is 0 Å². The van der Waals surface area contributed by atoms with Crippen LogP contribution in [-0.4, -0.2) is 25.9 Å². The second-order valence-electron chi connectivity index (χ2n) is 5.21. The summed E-state index contributed by atoms with van der Waals surface area (Å²) in [5.74, 6) is -0.193. The van der Waals surface area contributed by atoms with Crippen LogP contribution in [0.3, 0.4) is 0 Å².